The Balaban J connectivity index is 1.70. The summed E-state index contributed by atoms with van der Waals surface area (Å²) in [5.41, 5.74) is 1.06. The lowest BCUT2D eigenvalue weighted by Gasteiger charge is -2.17. The third kappa shape index (κ3) is 4.94. The lowest BCUT2D eigenvalue weighted by atomic mass is 10.1. The minimum Gasteiger partial charge on any atom is -0.497 e. The molecule has 0 radical (unpaired) electrons. The first-order valence-corrected chi connectivity index (χ1v) is 9.21. The van der Waals surface area contributed by atoms with E-state index < -0.39 is 0 Å². The van der Waals surface area contributed by atoms with Crippen molar-refractivity contribution in [2.24, 2.45) is 0 Å². The molecule has 6 nitrogen and oxygen atoms in total. The van der Waals surface area contributed by atoms with E-state index in [2.05, 4.69) is 20.6 Å². The van der Waals surface area contributed by atoms with Crippen molar-refractivity contribution in [3.8, 4) is 5.75 Å². The number of amides is 1. The molecule has 1 aromatic carbocycles. The molecule has 1 aliphatic rings. The Morgan fingerprint density at radius 3 is 2.42 bits per heavy atom. The van der Waals surface area contributed by atoms with E-state index in [-0.39, 0.29) is 5.91 Å². The predicted molar refractivity (Wildman–Crippen MR) is 103 cm³/mol. The zero-order valence-electron chi connectivity index (χ0n) is 15.4. The Bertz CT molecular complexity index is 738. The Morgan fingerprint density at radius 2 is 1.77 bits per heavy atom. The number of nitrogens with one attached hydrogen (secondary N) is 2. The van der Waals surface area contributed by atoms with Gasteiger partial charge in [-0.3, -0.25) is 4.79 Å². The van der Waals surface area contributed by atoms with Gasteiger partial charge in [0.1, 0.15) is 23.1 Å². The van der Waals surface area contributed by atoms with Gasteiger partial charge in [-0.15, -0.1) is 0 Å². The van der Waals surface area contributed by atoms with Gasteiger partial charge in [-0.05, 0) is 44.0 Å². The summed E-state index contributed by atoms with van der Waals surface area (Å²) in [6, 6.07) is 9.37. The van der Waals surface area contributed by atoms with Gasteiger partial charge in [0, 0.05) is 17.8 Å². The number of methoxy groups -OCH3 is 1. The third-order valence-corrected chi connectivity index (χ3v) is 4.63. The Labute approximate surface area is 154 Å². The molecule has 0 aliphatic heterocycles. The maximum Gasteiger partial charge on any atom is 0.274 e. The number of nitrogens with zero attached hydrogens (tertiary/aromatic N) is 2. The first kappa shape index (κ1) is 18.2. The Hall–Kier alpha value is -2.63. The number of benzene rings is 1. The van der Waals surface area contributed by atoms with E-state index in [0.717, 1.165) is 24.4 Å². The summed E-state index contributed by atoms with van der Waals surface area (Å²) >= 11 is 0. The number of hydrogen-bond donors (Lipinski definition) is 2. The molecule has 26 heavy (non-hydrogen) atoms. The SMILES string of the molecule is COc1ccc(NC(=O)c2cc(NC3CCCCCC3)nc(C)n2)cc1. The molecule has 1 fully saturated rings. The lowest BCUT2D eigenvalue weighted by Crippen LogP contribution is -2.21. The van der Waals surface area contributed by atoms with E-state index >= 15 is 0 Å². The van der Waals surface area contributed by atoms with Gasteiger partial charge >= 0.3 is 0 Å². The molecule has 3 rings (SSSR count). The highest BCUT2D eigenvalue weighted by atomic mass is 16.5. The number of aryl methyl sites for hydroxylation is 1. The molecule has 2 aromatic rings. The van der Waals surface area contributed by atoms with Gasteiger partial charge in [-0.2, -0.15) is 0 Å². The van der Waals surface area contributed by atoms with E-state index in [0.29, 0.717) is 23.2 Å². The van der Waals surface area contributed by atoms with E-state index in [1.54, 1.807) is 37.4 Å². The predicted octanol–water partition coefficient (Wildman–Crippen LogP) is 4.18. The number of carbonyl (C=O) groups excluding carboxylic acids is 1. The topological polar surface area (TPSA) is 76.1 Å². The van der Waals surface area contributed by atoms with Crippen LogP contribution in [0.2, 0.25) is 0 Å². The highest BCUT2D eigenvalue weighted by Crippen LogP contribution is 2.21. The summed E-state index contributed by atoms with van der Waals surface area (Å²) in [6.07, 6.45) is 7.39. The summed E-state index contributed by atoms with van der Waals surface area (Å²) in [4.78, 5) is 21.3. The molecule has 138 valence electrons. The fourth-order valence-corrected chi connectivity index (χ4v) is 3.26. The molecule has 0 spiro atoms. The third-order valence-electron chi connectivity index (χ3n) is 4.63. The molecule has 0 saturated heterocycles. The van der Waals surface area contributed by atoms with Gasteiger partial charge < -0.3 is 15.4 Å². The van der Waals surface area contributed by atoms with Gasteiger partial charge in [-0.1, -0.05) is 25.7 Å². The summed E-state index contributed by atoms with van der Waals surface area (Å²) in [6.45, 7) is 1.81. The minimum absolute atomic E-state index is 0.246. The fraction of sp³-hybridized carbons (Fsp3) is 0.450. The maximum absolute atomic E-state index is 12.6. The van der Waals surface area contributed by atoms with E-state index in [1.807, 2.05) is 6.92 Å². The van der Waals surface area contributed by atoms with Crippen LogP contribution in [0.4, 0.5) is 11.5 Å². The highest BCUT2D eigenvalue weighted by Gasteiger charge is 2.15. The van der Waals surface area contributed by atoms with E-state index in [1.165, 1.54) is 25.7 Å². The van der Waals surface area contributed by atoms with Crippen molar-refractivity contribution >= 4 is 17.4 Å². The normalized spacial score (nSPS) is 15.2. The largest absolute Gasteiger partial charge is 0.497 e. The summed E-state index contributed by atoms with van der Waals surface area (Å²) < 4.78 is 5.13. The second-order valence-electron chi connectivity index (χ2n) is 6.70. The molecule has 0 bridgehead atoms. The summed E-state index contributed by atoms with van der Waals surface area (Å²) in [5, 5.41) is 6.35. The molecule has 0 unspecified atom stereocenters. The number of ether oxygens (including phenoxy) is 1. The molecule has 0 atom stereocenters. The molecule has 1 amide bonds. The average molecular weight is 354 g/mol. The van der Waals surface area contributed by atoms with Crippen molar-refractivity contribution < 1.29 is 9.53 Å². The molecular formula is C20H26N4O2. The van der Waals surface area contributed by atoms with Crippen LogP contribution in [0, 0.1) is 6.92 Å². The molecule has 1 heterocycles. The maximum atomic E-state index is 12.6. The monoisotopic (exact) mass is 354 g/mol. The van der Waals surface area contributed by atoms with Crippen molar-refractivity contribution in [3.05, 3.63) is 41.9 Å². The van der Waals surface area contributed by atoms with E-state index in [9.17, 15) is 4.79 Å². The first-order chi connectivity index (χ1) is 12.6. The minimum atomic E-state index is -0.246. The van der Waals surface area contributed by atoms with Crippen molar-refractivity contribution in [2.75, 3.05) is 17.7 Å². The van der Waals surface area contributed by atoms with Gasteiger partial charge in [0.25, 0.3) is 5.91 Å². The van der Waals surface area contributed by atoms with Crippen LogP contribution in [0.5, 0.6) is 5.75 Å². The van der Waals surface area contributed by atoms with Crippen molar-refractivity contribution in [1.29, 1.82) is 0 Å². The van der Waals surface area contributed by atoms with Crippen molar-refractivity contribution in [1.82, 2.24) is 9.97 Å². The van der Waals surface area contributed by atoms with Crippen LogP contribution in [-0.2, 0) is 0 Å². The molecule has 1 aliphatic carbocycles. The van der Waals surface area contributed by atoms with Gasteiger partial charge in [0.05, 0.1) is 7.11 Å². The lowest BCUT2D eigenvalue weighted by molar-refractivity contribution is 0.102. The van der Waals surface area contributed by atoms with E-state index in [4.69, 9.17) is 4.74 Å². The second kappa shape index (κ2) is 8.65. The highest BCUT2D eigenvalue weighted by molar-refractivity contribution is 6.03. The van der Waals surface area contributed by atoms with Crippen molar-refractivity contribution in [3.63, 3.8) is 0 Å². The number of aromatic nitrogens is 2. The summed E-state index contributed by atoms with van der Waals surface area (Å²) in [5.74, 6) is 1.81. The number of anilines is 2. The molecule has 6 heteroatoms. The van der Waals surface area contributed by atoms with Crippen LogP contribution in [-0.4, -0.2) is 29.0 Å². The van der Waals surface area contributed by atoms with Crippen LogP contribution < -0.4 is 15.4 Å². The Morgan fingerprint density at radius 1 is 1.08 bits per heavy atom. The number of hydrogen-bond acceptors (Lipinski definition) is 5. The van der Waals surface area contributed by atoms with Crippen LogP contribution in [0.15, 0.2) is 30.3 Å². The van der Waals surface area contributed by atoms with Gasteiger partial charge in [0.2, 0.25) is 0 Å². The smallest absolute Gasteiger partial charge is 0.274 e. The van der Waals surface area contributed by atoms with Gasteiger partial charge in [0.15, 0.2) is 0 Å². The zero-order chi connectivity index (χ0) is 18.4. The summed E-state index contributed by atoms with van der Waals surface area (Å²) in [7, 11) is 1.61. The average Bonchev–Trinajstić information content (AvgIpc) is 2.90. The molecule has 1 aromatic heterocycles. The zero-order valence-corrected chi connectivity index (χ0v) is 15.4. The Kier molecular flexibility index (Phi) is 6.04. The first-order valence-electron chi connectivity index (χ1n) is 9.21. The van der Waals surface area contributed by atoms with Crippen LogP contribution in [0.3, 0.4) is 0 Å². The quantitative estimate of drug-likeness (QED) is 0.788. The standard InChI is InChI=1S/C20H26N4O2/c1-14-21-18(20(25)24-16-9-11-17(26-2)12-10-16)13-19(22-14)23-15-7-5-3-4-6-8-15/h9-13,15H,3-8H2,1-2H3,(H,24,25)(H,21,22,23). The number of carbonyl (C=O) groups is 1. The second-order valence-corrected chi connectivity index (χ2v) is 6.70. The van der Waals surface area contributed by atoms with Crippen LogP contribution in [0.1, 0.15) is 54.8 Å². The van der Waals surface area contributed by atoms with Crippen LogP contribution >= 0.6 is 0 Å². The van der Waals surface area contributed by atoms with Crippen molar-refractivity contribution in [2.45, 2.75) is 51.5 Å². The molecule has 1 saturated carbocycles. The van der Waals surface area contributed by atoms with Crippen LogP contribution in [0.25, 0.3) is 0 Å². The molecule has 2 N–H and O–H groups in total. The fourth-order valence-electron chi connectivity index (χ4n) is 3.26. The molecular weight excluding hydrogens is 328 g/mol. The van der Waals surface area contributed by atoms with Gasteiger partial charge in [-0.25, -0.2) is 9.97 Å². The number of rotatable bonds is 5.